The predicted molar refractivity (Wildman–Crippen MR) is 92.0 cm³/mol. The van der Waals surface area contributed by atoms with Gasteiger partial charge in [-0.1, -0.05) is 58.7 Å². The lowest BCUT2D eigenvalue weighted by molar-refractivity contribution is 0.170. The summed E-state index contributed by atoms with van der Waals surface area (Å²) >= 11 is 9.81. The lowest BCUT2D eigenvalue weighted by Gasteiger charge is -2.26. The first-order valence-electron chi connectivity index (χ1n) is 6.95. The summed E-state index contributed by atoms with van der Waals surface area (Å²) in [5.41, 5.74) is 8.40. The second-order valence-electron chi connectivity index (χ2n) is 5.07. The first-order valence-corrected chi connectivity index (χ1v) is 8.12. The van der Waals surface area contributed by atoms with Crippen molar-refractivity contribution < 1.29 is 4.74 Å². The lowest BCUT2D eigenvalue weighted by Crippen LogP contribution is -2.31. The molecule has 0 aliphatic carbocycles. The van der Waals surface area contributed by atoms with E-state index in [2.05, 4.69) is 22.9 Å². The molecule has 112 valence electrons. The molecule has 4 heteroatoms. The molecule has 0 bridgehead atoms. The molecule has 2 nitrogen and oxygen atoms in total. The smallest absolute Gasteiger partial charge is 0.140 e. The molecule has 0 saturated carbocycles. The molecule has 0 aliphatic heterocycles. The van der Waals surface area contributed by atoms with E-state index in [1.165, 1.54) is 0 Å². The van der Waals surface area contributed by atoms with Gasteiger partial charge in [-0.05, 0) is 37.1 Å². The largest absolute Gasteiger partial charge is 0.482 e. The number of hydrogen-bond donors (Lipinski definition) is 1. The third kappa shape index (κ3) is 4.00. The number of ether oxygens (including phenoxy) is 1. The molecule has 2 atom stereocenters. The zero-order valence-corrected chi connectivity index (χ0v) is 14.5. The first-order chi connectivity index (χ1) is 10.0. The van der Waals surface area contributed by atoms with E-state index in [1.54, 1.807) is 0 Å². The highest BCUT2D eigenvalue weighted by atomic mass is 79.9. The highest BCUT2D eigenvalue weighted by Crippen LogP contribution is 2.34. The van der Waals surface area contributed by atoms with Crippen LogP contribution in [0.5, 0.6) is 5.75 Å². The van der Waals surface area contributed by atoms with Gasteiger partial charge in [0, 0.05) is 16.1 Å². The van der Waals surface area contributed by atoms with Crippen LogP contribution in [0.15, 0.2) is 46.9 Å². The Morgan fingerprint density at radius 2 is 1.95 bits per heavy atom. The molecule has 0 radical (unpaired) electrons. The standard InChI is InChI=1S/C17H19BrClNO/c1-3-15(20)17(12-6-4-5-7-13(12)18)21-16-10-11(2)8-9-14(16)19/h4-10,15,17H,3,20H2,1-2H3. The number of halogens is 2. The van der Waals surface area contributed by atoms with Crippen LogP contribution in [-0.2, 0) is 0 Å². The molecule has 2 aromatic carbocycles. The molecular formula is C17H19BrClNO. The molecule has 0 aliphatic rings. The van der Waals surface area contributed by atoms with Crippen LogP contribution in [0.3, 0.4) is 0 Å². The number of aryl methyl sites for hydroxylation is 1. The maximum absolute atomic E-state index is 6.27. The van der Waals surface area contributed by atoms with E-state index < -0.39 is 0 Å². The summed E-state index contributed by atoms with van der Waals surface area (Å²) in [4.78, 5) is 0. The van der Waals surface area contributed by atoms with Gasteiger partial charge in [-0.2, -0.15) is 0 Å². The molecule has 0 aromatic heterocycles. The van der Waals surface area contributed by atoms with E-state index in [9.17, 15) is 0 Å². The van der Waals surface area contributed by atoms with E-state index in [4.69, 9.17) is 22.1 Å². The monoisotopic (exact) mass is 367 g/mol. The van der Waals surface area contributed by atoms with E-state index in [1.807, 2.05) is 49.4 Å². The fourth-order valence-electron chi connectivity index (χ4n) is 2.14. The van der Waals surface area contributed by atoms with Gasteiger partial charge < -0.3 is 10.5 Å². The summed E-state index contributed by atoms with van der Waals surface area (Å²) in [6.07, 6.45) is 0.569. The second-order valence-corrected chi connectivity index (χ2v) is 6.33. The van der Waals surface area contributed by atoms with Crippen molar-refractivity contribution >= 4 is 27.5 Å². The molecule has 0 heterocycles. The average Bonchev–Trinajstić information content (AvgIpc) is 2.48. The summed E-state index contributed by atoms with van der Waals surface area (Å²) in [5.74, 6) is 0.668. The molecule has 2 N–H and O–H groups in total. The summed E-state index contributed by atoms with van der Waals surface area (Å²) < 4.78 is 7.15. The van der Waals surface area contributed by atoms with Crippen molar-refractivity contribution in [1.82, 2.24) is 0 Å². The van der Waals surface area contributed by atoms with Crippen molar-refractivity contribution in [3.8, 4) is 5.75 Å². The van der Waals surface area contributed by atoms with Crippen molar-refractivity contribution in [3.05, 3.63) is 63.1 Å². The summed E-state index contributed by atoms with van der Waals surface area (Å²) in [5, 5.41) is 0.598. The Bertz CT molecular complexity index is 617. The van der Waals surface area contributed by atoms with Gasteiger partial charge in [0.15, 0.2) is 0 Å². The maximum atomic E-state index is 6.27. The SMILES string of the molecule is CCC(N)C(Oc1cc(C)ccc1Cl)c1ccccc1Br. The van der Waals surface area contributed by atoms with Gasteiger partial charge in [0.05, 0.1) is 5.02 Å². The number of hydrogen-bond acceptors (Lipinski definition) is 2. The van der Waals surface area contributed by atoms with Crippen LogP contribution in [0.4, 0.5) is 0 Å². The molecule has 21 heavy (non-hydrogen) atoms. The third-order valence-electron chi connectivity index (χ3n) is 3.41. The van der Waals surface area contributed by atoms with E-state index >= 15 is 0 Å². The first kappa shape index (κ1) is 16.3. The molecule has 0 saturated heterocycles. The van der Waals surface area contributed by atoms with Gasteiger partial charge in [-0.3, -0.25) is 0 Å². The van der Waals surface area contributed by atoms with E-state index in [0.29, 0.717) is 10.8 Å². The Balaban J connectivity index is 2.38. The summed E-state index contributed by atoms with van der Waals surface area (Å²) in [7, 11) is 0. The molecule has 0 spiro atoms. The Morgan fingerprint density at radius 1 is 1.24 bits per heavy atom. The van der Waals surface area contributed by atoms with Crippen molar-refractivity contribution in [3.63, 3.8) is 0 Å². The van der Waals surface area contributed by atoms with Crippen LogP contribution in [0, 0.1) is 6.92 Å². The van der Waals surface area contributed by atoms with Gasteiger partial charge in [0.25, 0.3) is 0 Å². The van der Waals surface area contributed by atoms with Crippen molar-refractivity contribution in [2.24, 2.45) is 5.73 Å². The zero-order chi connectivity index (χ0) is 15.4. The predicted octanol–water partition coefficient (Wildman–Crippen LogP) is 5.27. The van der Waals surface area contributed by atoms with Crippen molar-refractivity contribution in [2.75, 3.05) is 0 Å². The van der Waals surface area contributed by atoms with Crippen molar-refractivity contribution in [2.45, 2.75) is 32.4 Å². The van der Waals surface area contributed by atoms with Crippen LogP contribution >= 0.6 is 27.5 Å². The number of rotatable bonds is 5. The second kappa shape index (κ2) is 7.30. The molecule has 2 unspecified atom stereocenters. The molecular weight excluding hydrogens is 350 g/mol. The quantitative estimate of drug-likeness (QED) is 0.780. The molecule has 0 fully saturated rings. The summed E-state index contributed by atoms with van der Waals surface area (Å²) in [6.45, 7) is 4.06. The average molecular weight is 369 g/mol. The van der Waals surface area contributed by atoms with Crippen LogP contribution in [0.25, 0.3) is 0 Å². The molecule has 2 aromatic rings. The number of benzene rings is 2. The van der Waals surface area contributed by atoms with Gasteiger partial charge in [0.2, 0.25) is 0 Å². The summed E-state index contributed by atoms with van der Waals surface area (Å²) in [6, 6.07) is 13.6. The fourth-order valence-corrected chi connectivity index (χ4v) is 2.81. The van der Waals surface area contributed by atoms with Crippen LogP contribution in [-0.4, -0.2) is 6.04 Å². The number of nitrogens with two attached hydrogens (primary N) is 1. The highest BCUT2D eigenvalue weighted by Gasteiger charge is 2.23. The molecule has 0 amide bonds. The maximum Gasteiger partial charge on any atom is 0.140 e. The van der Waals surface area contributed by atoms with Crippen LogP contribution in [0.2, 0.25) is 5.02 Å². The zero-order valence-electron chi connectivity index (χ0n) is 12.1. The van der Waals surface area contributed by atoms with Crippen molar-refractivity contribution in [1.29, 1.82) is 0 Å². The minimum Gasteiger partial charge on any atom is -0.482 e. The normalized spacial score (nSPS) is 13.8. The highest BCUT2D eigenvalue weighted by molar-refractivity contribution is 9.10. The van der Waals surface area contributed by atoms with Crippen LogP contribution < -0.4 is 10.5 Å². The topological polar surface area (TPSA) is 35.2 Å². The third-order valence-corrected chi connectivity index (χ3v) is 4.45. The van der Waals surface area contributed by atoms with Crippen LogP contribution in [0.1, 0.15) is 30.6 Å². The molecule has 2 rings (SSSR count). The van der Waals surface area contributed by atoms with E-state index in [0.717, 1.165) is 22.0 Å². The Morgan fingerprint density at radius 3 is 2.62 bits per heavy atom. The Labute approximate surface area is 139 Å². The van der Waals surface area contributed by atoms with E-state index in [-0.39, 0.29) is 12.1 Å². The van der Waals surface area contributed by atoms with Gasteiger partial charge in [-0.15, -0.1) is 0 Å². The Hall–Kier alpha value is -1.03. The van der Waals surface area contributed by atoms with Gasteiger partial charge >= 0.3 is 0 Å². The minimum atomic E-state index is -0.245. The van der Waals surface area contributed by atoms with Gasteiger partial charge in [-0.25, -0.2) is 0 Å². The lowest BCUT2D eigenvalue weighted by atomic mass is 10.0. The van der Waals surface area contributed by atoms with Gasteiger partial charge in [0.1, 0.15) is 11.9 Å². The minimum absolute atomic E-state index is 0.111. The fraction of sp³-hybridized carbons (Fsp3) is 0.294. The Kier molecular flexibility index (Phi) is 5.68.